The van der Waals surface area contributed by atoms with Crippen LogP contribution < -0.4 is 20.3 Å². The quantitative estimate of drug-likeness (QED) is 0.483. The Morgan fingerprint density at radius 3 is 2.69 bits per heavy atom. The minimum Gasteiger partial charge on any atom is -0.493 e. The number of rotatable bonds is 7. The molecule has 4 aromatic rings. The van der Waals surface area contributed by atoms with Gasteiger partial charge >= 0.3 is 0 Å². The van der Waals surface area contributed by atoms with E-state index in [9.17, 15) is 9.59 Å². The lowest BCUT2D eigenvalue weighted by atomic mass is 10.1. The van der Waals surface area contributed by atoms with Crippen molar-refractivity contribution >= 4 is 22.5 Å². The van der Waals surface area contributed by atoms with Gasteiger partial charge in [-0.3, -0.25) is 19.1 Å². The van der Waals surface area contributed by atoms with E-state index in [0.717, 1.165) is 11.1 Å². The molecule has 0 spiro atoms. The summed E-state index contributed by atoms with van der Waals surface area (Å²) in [6.45, 7) is 2.06. The number of ether oxygens (including phenoxy) is 2. The van der Waals surface area contributed by atoms with E-state index in [1.807, 2.05) is 25.1 Å². The molecule has 0 saturated carbocycles. The lowest BCUT2D eigenvalue weighted by Crippen LogP contribution is -2.28. The summed E-state index contributed by atoms with van der Waals surface area (Å²) in [6.07, 6.45) is 4.78. The molecular weight excluding hydrogens is 408 g/mol. The third-order valence-electron chi connectivity index (χ3n) is 4.96. The number of nitrogens with one attached hydrogen (secondary N) is 1. The normalized spacial score (nSPS) is 10.7. The number of para-hydroxylation sites is 1. The zero-order valence-corrected chi connectivity index (χ0v) is 17.7. The fourth-order valence-electron chi connectivity index (χ4n) is 3.31. The van der Waals surface area contributed by atoms with Crippen LogP contribution in [-0.2, 0) is 17.9 Å². The van der Waals surface area contributed by atoms with Crippen LogP contribution in [0.3, 0.4) is 0 Å². The highest BCUT2D eigenvalue weighted by molar-refractivity contribution is 5.91. The molecule has 1 amide bonds. The molecule has 0 aliphatic carbocycles. The minimum absolute atomic E-state index is 0.158. The third-order valence-corrected chi connectivity index (χ3v) is 4.96. The highest BCUT2D eigenvalue weighted by Gasteiger charge is 2.12. The van der Waals surface area contributed by atoms with Crippen molar-refractivity contribution in [3.8, 4) is 11.5 Å². The van der Waals surface area contributed by atoms with Crippen molar-refractivity contribution in [1.82, 2.24) is 14.5 Å². The molecule has 0 bridgehead atoms. The predicted octanol–water partition coefficient (Wildman–Crippen LogP) is 3.33. The van der Waals surface area contributed by atoms with Crippen molar-refractivity contribution < 1.29 is 14.3 Å². The van der Waals surface area contributed by atoms with Crippen molar-refractivity contribution in [2.24, 2.45) is 0 Å². The molecule has 2 aromatic carbocycles. The molecule has 8 heteroatoms. The van der Waals surface area contributed by atoms with E-state index >= 15 is 0 Å². The first-order valence-corrected chi connectivity index (χ1v) is 9.99. The van der Waals surface area contributed by atoms with E-state index in [1.54, 1.807) is 49.8 Å². The van der Waals surface area contributed by atoms with Crippen LogP contribution in [0.1, 0.15) is 11.1 Å². The van der Waals surface area contributed by atoms with Gasteiger partial charge in [0, 0.05) is 24.1 Å². The molecule has 0 saturated heterocycles. The topological polar surface area (TPSA) is 95.3 Å². The number of hydrogen-bond donors (Lipinski definition) is 1. The molecule has 2 aromatic heterocycles. The van der Waals surface area contributed by atoms with Gasteiger partial charge in [0.15, 0.2) is 11.5 Å². The Morgan fingerprint density at radius 1 is 1.09 bits per heavy atom. The van der Waals surface area contributed by atoms with Crippen molar-refractivity contribution in [1.29, 1.82) is 0 Å². The van der Waals surface area contributed by atoms with Crippen LogP contribution in [0.25, 0.3) is 10.9 Å². The van der Waals surface area contributed by atoms with Gasteiger partial charge < -0.3 is 14.8 Å². The van der Waals surface area contributed by atoms with Crippen molar-refractivity contribution in [3.63, 3.8) is 0 Å². The molecule has 0 aliphatic heterocycles. The number of aromatic nitrogens is 3. The monoisotopic (exact) mass is 430 g/mol. The Hall–Kier alpha value is -4.20. The van der Waals surface area contributed by atoms with Gasteiger partial charge in [0.05, 0.1) is 24.3 Å². The van der Waals surface area contributed by atoms with Gasteiger partial charge in [-0.05, 0) is 48.4 Å². The zero-order chi connectivity index (χ0) is 22.5. The second-order valence-corrected chi connectivity index (χ2v) is 7.21. The average Bonchev–Trinajstić information content (AvgIpc) is 2.81. The number of benzene rings is 2. The molecular formula is C24H22N4O4. The predicted molar refractivity (Wildman–Crippen MR) is 121 cm³/mol. The Morgan fingerprint density at radius 2 is 1.91 bits per heavy atom. The van der Waals surface area contributed by atoms with E-state index < -0.39 is 0 Å². The molecule has 2 heterocycles. The Labute approximate surface area is 184 Å². The van der Waals surface area contributed by atoms with Crippen LogP contribution in [0.2, 0.25) is 0 Å². The van der Waals surface area contributed by atoms with Crippen LogP contribution in [-0.4, -0.2) is 27.6 Å². The molecule has 8 nitrogen and oxygen atoms in total. The largest absolute Gasteiger partial charge is 0.493 e. The van der Waals surface area contributed by atoms with Crippen LogP contribution in [0.4, 0.5) is 5.69 Å². The number of pyridine rings is 1. The number of amides is 1. The van der Waals surface area contributed by atoms with Crippen LogP contribution in [0.15, 0.2) is 72.0 Å². The fraction of sp³-hybridized carbons (Fsp3) is 0.167. The first-order valence-electron chi connectivity index (χ1n) is 9.99. The van der Waals surface area contributed by atoms with E-state index in [2.05, 4.69) is 15.3 Å². The molecule has 0 radical (unpaired) electrons. The summed E-state index contributed by atoms with van der Waals surface area (Å²) >= 11 is 0. The van der Waals surface area contributed by atoms with E-state index in [1.165, 1.54) is 10.9 Å². The number of aryl methyl sites for hydroxylation is 1. The summed E-state index contributed by atoms with van der Waals surface area (Å²) in [6, 6.07) is 14.2. The van der Waals surface area contributed by atoms with Crippen molar-refractivity contribution in [2.75, 3.05) is 12.4 Å². The van der Waals surface area contributed by atoms with Gasteiger partial charge in [0.25, 0.3) is 5.56 Å². The molecule has 162 valence electrons. The fourth-order valence-corrected chi connectivity index (χ4v) is 3.31. The maximum Gasteiger partial charge on any atom is 0.261 e. The van der Waals surface area contributed by atoms with Gasteiger partial charge in [-0.25, -0.2) is 4.98 Å². The summed E-state index contributed by atoms with van der Waals surface area (Å²) in [5, 5.41) is 3.28. The summed E-state index contributed by atoms with van der Waals surface area (Å²) in [4.78, 5) is 33.7. The maximum atomic E-state index is 12.7. The van der Waals surface area contributed by atoms with E-state index in [4.69, 9.17) is 9.47 Å². The average molecular weight is 430 g/mol. The number of methoxy groups -OCH3 is 1. The van der Waals surface area contributed by atoms with E-state index in [-0.39, 0.29) is 18.0 Å². The highest BCUT2D eigenvalue weighted by atomic mass is 16.5. The van der Waals surface area contributed by atoms with Crippen LogP contribution in [0, 0.1) is 6.92 Å². The lowest BCUT2D eigenvalue weighted by Gasteiger charge is -2.13. The Bertz CT molecular complexity index is 1320. The van der Waals surface area contributed by atoms with Crippen LogP contribution in [0.5, 0.6) is 11.5 Å². The van der Waals surface area contributed by atoms with Crippen molar-refractivity contribution in [2.45, 2.75) is 20.1 Å². The summed E-state index contributed by atoms with van der Waals surface area (Å²) in [5.74, 6) is 0.677. The lowest BCUT2D eigenvalue weighted by molar-refractivity contribution is -0.116. The van der Waals surface area contributed by atoms with Gasteiger partial charge in [0.2, 0.25) is 5.91 Å². The Kier molecular flexibility index (Phi) is 6.12. The van der Waals surface area contributed by atoms with Gasteiger partial charge in [-0.15, -0.1) is 0 Å². The Balaban J connectivity index is 1.49. The molecule has 0 atom stereocenters. The number of hydrogen-bond acceptors (Lipinski definition) is 6. The second kappa shape index (κ2) is 9.30. The number of carbonyl (C=O) groups excluding carboxylic acids is 1. The maximum absolute atomic E-state index is 12.7. The molecule has 1 N–H and O–H groups in total. The number of anilines is 1. The van der Waals surface area contributed by atoms with Gasteiger partial charge in [-0.2, -0.15) is 0 Å². The van der Waals surface area contributed by atoms with Gasteiger partial charge in [0.1, 0.15) is 13.2 Å². The summed E-state index contributed by atoms with van der Waals surface area (Å²) in [7, 11) is 1.55. The SMILES string of the molecule is COc1ccc(NC(=O)Cn2cnc3c(C)cccc3c2=O)cc1OCc1ccncc1. The highest BCUT2D eigenvalue weighted by Crippen LogP contribution is 2.31. The van der Waals surface area contributed by atoms with E-state index in [0.29, 0.717) is 34.7 Å². The minimum atomic E-state index is -0.355. The second-order valence-electron chi connectivity index (χ2n) is 7.21. The molecule has 0 fully saturated rings. The molecule has 0 unspecified atom stereocenters. The van der Waals surface area contributed by atoms with Crippen molar-refractivity contribution in [3.05, 3.63) is 88.7 Å². The smallest absolute Gasteiger partial charge is 0.261 e. The standard InChI is InChI=1S/C24H22N4O4/c1-16-4-3-5-19-23(16)26-15-28(24(19)30)13-22(29)27-18-6-7-20(31-2)21(12-18)32-14-17-8-10-25-11-9-17/h3-12,15H,13-14H2,1-2H3,(H,27,29). The zero-order valence-electron chi connectivity index (χ0n) is 17.7. The molecule has 0 aliphatic rings. The van der Waals surface area contributed by atoms with Gasteiger partial charge in [-0.1, -0.05) is 12.1 Å². The first-order chi connectivity index (χ1) is 15.5. The molecule has 4 rings (SSSR count). The summed E-state index contributed by atoms with van der Waals surface area (Å²) < 4.78 is 12.5. The number of fused-ring (bicyclic) bond motifs is 1. The summed E-state index contributed by atoms with van der Waals surface area (Å²) in [5.41, 5.74) is 2.77. The number of nitrogens with zero attached hydrogens (tertiary/aromatic N) is 3. The number of carbonyl (C=O) groups is 1. The molecule has 32 heavy (non-hydrogen) atoms. The third kappa shape index (κ3) is 4.59. The first kappa shape index (κ1) is 21.0. The van der Waals surface area contributed by atoms with Crippen LogP contribution >= 0.6 is 0 Å².